The van der Waals surface area contributed by atoms with Gasteiger partial charge in [0.2, 0.25) is 10.0 Å². The first kappa shape index (κ1) is 14.1. The zero-order valence-corrected chi connectivity index (χ0v) is 11.9. The minimum Gasteiger partial charge on any atom is -0.317 e. The van der Waals surface area contributed by atoms with Crippen LogP contribution in [0.4, 0.5) is 0 Å². The second-order valence-corrected chi connectivity index (χ2v) is 6.84. The molecule has 2 N–H and O–H groups in total. The number of nitrogens with one attached hydrogen (secondary N) is 2. The highest BCUT2D eigenvalue weighted by Gasteiger charge is 2.22. The van der Waals surface area contributed by atoms with Crippen molar-refractivity contribution in [1.82, 2.24) is 10.0 Å². The molecule has 4 nitrogen and oxygen atoms in total. The van der Waals surface area contributed by atoms with Gasteiger partial charge in [-0.05, 0) is 44.1 Å². The van der Waals surface area contributed by atoms with Gasteiger partial charge in [-0.25, -0.2) is 13.1 Å². The van der Waals surface area contributed by atoms with E-state index in [-0.39, 0.29) is 10.9 Å². The number of sulfonamides is 1. The molecule has 0 amide bonds. The van der Waals surface area contributed by atoms with Gasteiger partial charge in [-0.1, -0.05) is 23.2 Å². The number of halogens is 2. The number of benzene rings is 1. The van der Waals surface area contributed by atoms with Crippen LogP contribution in [0.5, 0.6) is 0 Å². The summed E-state index contributed by atoms with van der Waals surface area (Å²) >= 11 is 11.6. The summed E-state index contributed by atoms with van der Waals surface area (Å²) in [5.74, 6) is 0. The van der Waals surface area contributed by atoms with Crippen molar-refractivity contribution in [1.29, 1.82) is 0 Å². The van der Waals surface area contributed by atoms with Crippen LogP contribution in [0.15, 0.2) is 23.1 Å². The summed E-state index contributed by atoms with van der Waals surface area (Å²) in [6.45, 7) is 1.65. The van der Waals surface area contributed by atoms with Crippen molar-refractivity contribution < 1.29 is 8.42 Å². The monoisotopic (exact) mass is 308 g/mol. The maximum atomic E-state index is 12.2. The molecular weight excluding hydrogens is 295 g/mol. The Hall–Kier alpha value is -0.330. The van der Waals surface area contributed by atoms with E-state index in [2.05, 4.69) is 10.0 Å². The average Bonchev–Trinajstić information content (AvgIpc) is 2.28. The first-order chi connectivity index (χ1) is 8.47. The predicted molar refractivity (Wildman–Crippen MR) is 72.7 cm³/mol. The highest BCUT2D eigenvalue weighted by atomic mass is 35.5. The summed E-state index contributed by atoms with van der Waals surface area (Å²) in [6, 6.07) is 4.27. The van der Waals surface area contributed by atoms with Crippen molar-refractivity contribution in [3.8, 4) is 0 Å². The fraction of sp³-hybridized carbons (Fsp3) is 0.455. The van der Waals surface area contributed by atoms with Gasteiger partial charge in [-0.2, -0.15) is 0 Å². The third kappa shape index (κ3) is 3.59. The van der Waals surface area contributed by atoms with Crippen LogP contribution in [0.2, 0.25) is 10.0 Å². The minimum atomic E-state index is -3.55. The normalized spacial score (nSPS) is 17.9. The van der Waals surface area contributed by atoms with Gasteiger partial charge in [0, 0.05) is 16.1 Å². The van der Waals surface area contributed by atoms with Gasteiger partial charge in [0.25, 0.3) is 0 Å². The molecule has 0 radical (unpaired) electrons. The van der Waals surface area contributed by atoms with Crippen molar-refractivity contribution in [3.63, 3.8) is 0 Å². The molecule has 1 aromatic rings. The van der Waals surface area contributed by atoms with E-state index in [0.717, 1.165) is 25.9 Å². The van der Waals surface area contributed by atoms with Gasteiger partial charge in [0.1, 0.15) is 0 Å². The predicted octanol–water partition coefficient (Wildman–Crippen LogP) is 2.02. The maximum absolute atomic E-state index is 12.2. The van der Waals surface area contributed by atoms with Gasteiger partial charge in [0.15, 0.2) is 0 Å². The Bertz CT molecular complexity index is 508. The Kier molecular flexibility index (Phi) is 4.50. The van der Waals surface area contributed by atoms with Gasteiger partial charge in [-0.3, -0.25) is 0 Å². The Morgan fingerprint density at radius 2 is 1.67 bits per heavy atom. The molecule has 2 rings (SSSR count). The maximum Gasteiger partial charge on any atom is 0.240 e. The van der Waals surface area contributed by atoms with E-state index in [4.69, 9.17) is 23.2 Å². The fourth-order valence-corrected chi connectivity index (χ4v) is 3.94. The van der Waals surface area contributed by atoms with Crippen molar-refractivity contribution >= 4 is 33.2 Å². The quantitative estimate of drug-likeness (QED) is 0.898. The van der Waals surface area contributed by atoms with Crippen LogP contribution in [0.3, 0.4) is 0 Å². The van der Waals surface area contributed by atoms with E-state index in [0.29, 0.717) is 10.0 Å². The van der Waals surface area contributed by atoms with Crippen LogP contribution < -0.4 is 10.0 Å². The Morgan fingerprint density at radius 3 is 2.22 bits per heavy atom. The lowest BCUT2D eigenvalue weighted by Gasteiger charge is -2.23. The lowest BCUT2D eigenvalue weighted by molar-refractivity contribution is 0.427. The summed E-state index contributed by atoms with van der Waals surface area (Å²) in [5, 5.41) is 3.81. The van der Waals surface area contributed by atoms with Crippen LogP contribution >= 0.6 is 23.2 Å². The van der Waals surface area contributed by atoms with E-state index in [1.807, 2.05) is 0 Å². The standard InChI is InChI=1S/C11H14Cl2N2O2S/c12-8-5-9(13)7-11(6-8)18(16,17)15-10-1-3-14-4-2-10/h5-7,10,14-15H,1-4H2. The highest BCUT2D eigenvalue weighted by molar-refractivity contribution is 7.89. The van der Waals surface area contributed by atoms with E-state index in [1.54, 1.807) is 0 Å². The van der Waals surface area contributed by atoms with Gasteiger partial charge < -0.3 is 5.32 Å². The molecule has 1 saturated heterocycles. The van der Waals surface area contributed by atoms with Crippen LogP contribution in [0.25, 0.3) is 0 Å². The highest BCUT2D eigenvalue weighted by Crippen LogP contribution is 2.22. The first-order valence-corrected chi connectivity index (χ1v) is 7.90. The molecule has 0 spiro atoms. The topological polar surface area (TPSA) is 58.2 Å². The molecule has 7 heteroatoms. The zero-order chi connectivity index (χ0) is 13.2. The summed E-state index contributed by atoms with van der Waals surface area (Å²) in [7, 11) is -3.55. The summed E-state index contributed by atoms with van der Waals surface area (Å²) in [5.41, 5.74) is 0. The van der Waals surface area contributed by atoms with Crippen LogP contribution in [-0.4, -0.2) is 27.5 Å². The third-order valence-electron chi connectivity index (χ3n) is 2.81. The van der Waals surface area contributed by atoms with E-state index < -0.39 is 10.0 Å². The lowest BCUT2D eigenvalue weighted by atomic mass is 10.1. The molecule has 1 fully saturated rings. The van der Waals surface area contributed by atoms with Crippen molar-refractivity contribution in [2.24, 2.45) is 0 Å². The second kappa shape index (κ2) is 5.75. The molecule has 100 valence electrons. The molecule has 1 aliphatic heterocycles. The Balaban J connectivity index is 2.19. The Morgan fingerprint density at radius 1 is 1.11 bits per heavy atom. The van der Waals surface area contributed by atoms with E-state index in [1.165, 1.54) is 18.2 Å². The van der Waals surface area contributed by atoms with Gasteiger partial charge in [0.05, 0.1) is 4.90 Å². The molecule has 0 bridgehead atoms. The SMILES string of the molecule is O=S(=O)(NC1CCNCC1)c1cc(Cl)cc(Cl)c1. The molecule has 18 heavy (non-hydrogen) atoms. The fourth-order valence-electron chi connectivity index (χ4n) is 1.91. The van der Waals surface area contributed by atoms with Crippen molar-refractivity contribution in [2.75, 3.05) is 13.1 Å². The number of rotatable bonds is 3. The van der Waals surface area contributed by atoms with Crippen LogP contribution in [-0.2, 0) is 10.0 Å². The van der Waals surface area contributed by atoms with Crippen LogP contribution in [0, 0.1) is 0 Å². The van der Waals surface area contributed by atoms with Crippen LogP contribution in [0.1, 0.15) is 12.8 Å². The summed E-state index contributed by atoms with van der Waals surface area (Å²) < 4.78 is 27.0. The lowest BCUT2D eigenvalue weighted by Crippen LogP contribution is -2.42. The molecule has 1 aromatic carbocycles. The van der Waals surface area contributed by atoms with Gasteiger partial charge in [-0.15, -0.1) is 0 Å². The first-order valence-electron chi connectivity index (χ1n) is 5.66. The summed E-state index contributed by atoms with van der Waals surface area (Å²) in [4.78, 5) is 0.110. The molecular formula is C11H14Cl2N2O2S. The average molecular weight is 309 g/mol. The molecule has 0 saturated carbocycles. The molecule has 0 aliphatic carbocycles. The number of piperidine rings is 1. The number of hydrogen-bond donors (Lipinski definition) is 2. The summed E-state index contributed by atoms with van der Waals surface area (Å²) in [6.07, 6.45) is 1.57. The molecule has 1 heterocycles. The second-order valence-electron chi connectivity index (χ2n) is 4.25. The third-order valence-corrected chi connectivity index (χ3v) is 4.74. The number of hydrogen-bond acceptors (Lipinski definition) is 3. The minimum absolute atomic E-state index is 0.0333. The van der Waals surface area contributed by atoms with E-state index in [9.17, 15) is 8.42 Å². The molecule has 0 aromatic heterocycles. The van der Waals surface area contributed by atoms with Gasteiger partial charge >= 0.3 is 0 Å². The van der Waals surface area contributed by atoms with E-state index >= 15 is 0 Å². The van der Waals surface area contributed by atoms with Crippen molar-refractivity contribution in [2.45, 2.75) is 23.8 Å². The Labute approximate surface area is 117 Å². The zero-order valence-electron chi connectivity index (χ0n) is 9.62. The molecule has 0 atom stereocenters. The smallest absolute Gasteiger partial charge is 0.240 e. The molecule has 0 unspecified atom stereocenters. The molecule has 1 aliphatic rings. The van der Waals surface area contributed by atoms with Crippen molar-refractivity contribution in [3.05, 3.63) is 28.2 Å². The largest absolute Gasteiger partial charge is 0.317 e.